The van der Waals surface area contributed by atoms with Gasteiger partial charge in [-0.05, 0) is 12.8 Å². The molecule has 13 heavy (non-hydrogen) atoms. The number of halogens is 4. The molecule has 0 spiro atoms. The van der Waals surface area contributed by atoms with E-state index in [1.807, 2.05) is 0 Å². The molecule has 0 aromatic rings. The van der Waals surface area contributed by atoms with E-state index in [-0.39, 0.29) is 0 Å². The minimum absolute atomic E-state index is 0.398. The standard InChI is InChI=1S/C8H10F4O/c9-7(8(10,11)12)6(13)5-3-1-2-4-5/h5,7H,1-4H2. The normalized spacial score (nSPS) is 21.8. The third-order valence-corrected chi connectivity index (χ3v) is 2.29. The van der Waals surface area contributed by atoms with Crippen LogP contribution in [0.1, 0.15) is 25.7 Å². The van der Waals surface area contributed by atoms with Crippen molar-refractivity contribution in [2.75, 3.05) is 0 Å². The third-order valence-electron chi connectivity index (χ3n) is 2.29. The number of rotatable bonds is 2. The average molecular weight is 198 g/mol. The van der Waals surface area contributed by atoms with Crippen LogP contribution in [0.25, 0.3) is 0 Å². The molecule has 5 heteroatoms. The second kappa shape index (κ2) is 3.64. The Kier molecular flexibility index (Phi) is 2.93. The Bertz CT molecular complexity index is 193. The molecule has 0 aromatic carbocycles. The molecule has 1 rings (SSSR count). The summed E-state index contributed by atoms with van der Waals surface area (Å²) in [6.45, 7) is 0. The highest BCUT2D eigenvalue weighted by Gasteiger charge is 2.47. The number of carbonyl (C=O) groups is 1. The van der Waals surface area contributed by atoms with Crippen LogP contribution in [0.4, 0.5) is 17.6 Å². The summed E-state index contributed by atoms with van der Waals surface area (Å²) in [6, 6.07) is 0. The molecule has 1 nitrogen and oxygen atoms in total. The summed E-state index contributed by atoms with van der Waals surface area (Å²) in [4.78, 5) is 10.9. The molecule has 76 valence electrons. The van der Waals surface area contributed by atoms with Crippen LogP contribution in [0.5, 0.6) is 0 Å². The summed E-state index contributed by atoms with van der Waals surface area (Å²) in [6.07, 6.45) is -6.07. The number of carbonyl (C=O) groups excluding carboxylic acids is 1. The average Bonchev–Trinajstić information content (AvgIpc) is 2.51. The van der Waals surface area contributed by atoms with Gasteiger partial charge < -0.3 is 0 Å². The van der Waals surface area contributed by atoms with E-state index in [0.717, 1.165) is 12.8 Å². The van der Waals surface area contributed by atoms with Crippen molar-refractivity contribution in [3.05, 3.63) is 0 Å². The van der Waals surface area contributed by atoms with E-state index in [2.05, 4.69) is 0 Å². The van der Waals surface area contributed by atoms with Crippen LogP contribution in [0.3, 0.4) is 0 Å². The summed E-state index contributed by atoms with van der Waals surface area (Å²) in [5.74, 6) is -2.00. The fourth-order valence-electron chi connectivity index (χ4n) is 1.58. The topological polar surface area (TPSA) is 17.1 Å². The number of hydrogen-bond donors (Lipinski definition) is 0. The van der Waals surface area contributed by atoms with Crippen molar-refractivity contribution in [2.24, 2.45) is 5.92 Å². The predicted molar refractivity (Wildman–Crippen MR) is 37.9 cm³/mol. The largest absolute Gasteiger partial charge is 0.426 e. The monoisotopic (exact) mass is 198 g/mol. The molecule has 0 amide bonds. The van der Waals surface area contributed by atoms with Crippen molar-refractivity contribution in [2.45, 2.75) is 38.0 Å². The Morgan fingerprint density at radius 3 is 2.08 bits per heavy atom. The molecule has 1 fully saturated rings. The molecule has 0 saturated heterocycles. The van der Waals surface area contributed by atoms with Gasteiger partial charge in [0.05, 0.1) is 0 Å². The molecule has 1 atom stereocenters. The van der Waals surface area contributed by atoms with Gasteiger partial charge in [0.1, 0.15) is 0 Å². The molecular formula is C8H10F4O. The lowest BCUT2D eigenvalue weighted by Crippen LogP contribution is -2.36. The van der Waals surface area contributed by atoms with E-state index in [0.29, 0.717) is 12.8 Å². The van der Waals surface area contributed by atoms with E-state index >= 15 is 0 Å². The van der Waals surface area contributed by atoms with E-state index in [4.69, 9.17) is 0 Å². The highest BCUT2D eigenvalue weighted by Crippen LogP contribution is 2.32. The summed E-state index contributed by atoms with van der Waals surface area (Å²) < 4.78 is 47.8. The maximum absolute atomic E-state index is 12.5. The van der Waals surface area contributed by atoms with Gasteiger partial charge in [-0.15, -0.1) is 0 Å². The van der Waals surface area contributed by atoms with Gasteiger partial charge in [0, 0.05) is 5.92 Å². The van der Waals surface area contributed by atoms with Crippen molar-refractivity contribution >= 4 is 5.78 Å². The fraction of sp³-hybridized carbons (Fsp3) is 0.875. The van der Waals surface area contributed by atoms with Gasteiger partial charge in [0.15, 0.2) is 5.78 Å². The fourth-order valence-corrected chi connectivity index (χ4v) is 1.58. The van der Waals surface area contributed by atoms with Gasteiger partial charge in [-0.25, -0.2) is 4.39 Å². The maximum atomic E-state index is 12.5. The third kappa shape index (κ3) is 2.42. The summed E-state index contributed by atoms with van der Waals surface area (Å²) in [7, 11) is 0. The second-order valence-corrected chi connectivity index (χ2v) is 3.29. The van der Waals surface area contributed by atoms with Crippen LogP contribution in [0, 0.1) is 5.92 Å². The first kappa shape index (κ1) is 10.5. The van der Waals surface area contributed by atoms with Gasteiger partial charge >= 0.3 is 6.18 Å². The Labute approximate surface area is 73.1 Å². The van der Waals surface area contributed by atoms with Gasteiger partial charge in [-0.3, -0.25) is 4.79 Å². The molecule has 1 aliphatic rings. The van der Waals surface area contributed by atoms with Crippen molar-refractivity contribution in [1.82, 2.24) is 0 Å². The highest BCUT2D eigenvalue weighted by molar-refractivity contribution is 5.86. The van der Waals surface area contributed by atoms with Gasteiger partial charge in [-0.1, -0.05) is 12.8 Å². The van der Waals surface area contributed by atoms with Gasteiger partial charge in [0.2, 0.25) is 0 Å². The van der Waals surface area contributed by atoms with Crippen LogP contribution in [0.2, 0.25) is 0 Å². The zero-order chi connectivity index (χ0) is 10.1. The quantitative estimate of drug-likeness (QED) is 0.623. The summed E-state index contributed by atoms with van der Waals surface area (Å²) >= 11 is 0. The van der Waals surface area contributed by atoms with Gasteiger partial charge in [-0.2, -0.15) is 13.2 Å². The second-order valence-electron chi connectivity index (χ2n) is 3.29. The minimum Gasteiger partial charge on any atom is -0.296 e. The lowest BCUT2D eigenvalue weighted by molar-refractivity contribution is -0.187. The summed E-state index contributed by atoms with van der Waals surface area (Å²) in [5, 5.41) is 0. The van der Waals surface area contributed by atoms with Gasteiger partial charge in [0.25, 0.3) is 6.17 Å². The molecule has 1 saturated carbocycles. The number of alkyl halides is 4. The predicted octanol–water partition coefficient (Wildman–Crippen LogP) is 2.65. The van der Waals surface area contributed by atoms with Crippen molar-refractivity contribution in [3.63, 3.8) is 0 Å². The Hall–Kier alpha value is -0.610. The first-order chi connectivity index (χ1) is 5.93. The smallest absolute Gasteiger partial charge is 0.296 e. The van der Waals surface area contributed by atoms with Crippen LogP contribution in [-0.2, 0) is 4.79 Å². The van der Waals surface area contributed by atoms with Crippen LogP contribution in [-0.4, -0.2) is 18.1 Å². The van der Waals surface area contributed by atoms with Crippen LogP contribution in [0.15, 0.2) is 0 Å². The first-order valence-corrected chi connectivity index (χ1v) is 4.17. The summed E-state index contributed by atoms with van der Waals surface area (Å²) in [5.41, 5.74) is 0. The Morgan fingerprint density at radius 1 is 1.23 bits per heavy atom. The SMILES string of the molecule is O=C(C1CCCC1)C(F)C(F)(F)F. The van der Waals surface area contributed by atoms with E-state index < -0.39 is 24.0 Å². The maximum Gasteiger partial charge on any atom is 0.426 e. The van der Waals surface area contributed by atoms with Crippen molar-refractivity contribution in [3.8, 4) is 0 Å². The molecule has 0 aliphatic heterocycles. The molecule has 0 aromatic heterocycles. The molecule has 0 radical (unpaired) electrons. The lowest BCUT2D eigenvalue weighted by Gasteiger charge is -2.14. The molecule has 0 bridgehead atoms. The van der Waals surface area contributed by atoms with E-state index in [1.165, 1.54) is 0 Å². The molecule has 0 heterocycles. The molecule has 1 aliphatic carbocycles. The zero-order valence-corrected chi connectivity index (χ0v) is 6.90. The Morgan fingerprint density at radius 2 is 1.69 bits per heavy atom. The number of Topliss-reactive ketones (excluding diaryl/α,β-unsaturated/α-hetero) is 1. The number of hydrogen-bond acceptors (Lipinski definition) is 1. The molecule has 0 N–H and O–H groups in total. The first-order valence-electron chi connectivity index (χ1n) is 4.17. The molecular weight excluding hydrogens is 188 g/mol. The minimum atomic E-state index is -5.03. The van der Waals surface area contributed by atoms with Crippen LogP contribution >= 0.6 is 0 Å². The zero-order valence-electron chi connectivity index (χ0n) is 6.90. The Balaban J connectivity index is 2.56. The number of ketones is 1. The van der Waals surface area contributed by atoms with Crippen LogP contribution < -0.4 is 0 Å². The van der Waals surface area contributed by atoms with E-state index in [9.17, 15) is 22.4 Å². The van der Waals surface area contributed by atoms with Crippen molar-refractivity contribution < 1.29 is 22.4 Å². The lowest BCUT2D eigenvalue weighted by atomic mass is 9.99. The van der Waals surface area contributed by atoms with Crippen molar-refractivity contribution in [1.29, 1.82) is 0 Å². The molecule has 1 unspecified atom stereocenters. The highest BCUT2D eigenvalue weighted by atomic mass is 19.4. The van der Waals surface area contributed by atoms with E-state index in [1.54, 1.807) is 0 Å².